The third-order valence-corrected chi connectivity index (χ3v) is 5.37. The zero-order valence-electron chi connectivity index (χ0n) is 17.0. The van der Waals surface area contributed by atoms with Gasteiger partial charge in [0.05, 0.1) is 5.39 Å². The van der Waals surface area contributed by atoms with Crippen molar-refractivity contribution in [2.75, 3.05) is 26.9 Å². The van der Waals surface area contributed by atoms with Crippen LogP contribution < -0.4 is 10.4 Å². The molecule has 1 atom stereocenters. The summed E-state index contributed by atoms with van der Waals surface area (Å²) in [7, 11) is 1.69. The Morgan fingerprint density at radius 1 is 1.29 bits per heavy atom. The number of nitrogens with zero attached hydrogens (tertiary/aromatic N) is 1. The van der Waals surface area contributed by atoms with Gasteiger partial charge in [-0.25, -0.2) is 4.79 Å². The molecule has 6 heteroatoms. The number of rotatable bonds is 7. The predicted octanol–water partition coefficient (Wildman–Crippen LogP) is 3.46. The van der Waals surface area contributed by atoms with Crippen LogP contribution >= 0.6 is 0 Å². The molecule has 28 heavy (non-hydrogen) atoms. The minimum Gasteiger partial charge on any atom is -0.483 e. The molecule has 1 saturated heterocycles. The van der Waals surface area contributed by atoms with E-state index < -0.39 is 0 Å². The summed E-state index contributed by atoms with van der Waals surface area (Å²) in [4.78, 5) is 26.6. The van der Waals surface area contributed by atoms with Crippen LogP contribution in [0.4, 0.5) is 0 Å². The Hall–Kier alpha value is -2.34. The number of ether oxygens (including phenoxy) is 2. The first-order chi connectivity index (χ1) is 13.5. The zero-order chi connectivity index (χ0) is 20.1. The fourth-order valence-electron chi connectivity index (χ4n) is 3.97. The van der Waals surface area contributed by atoms with Gasteiger partial charge in [0, 0.05) is 32.4 Å². The molecule has 1 aliphatic heterocycles. The lowest BCUT2D eigenvalue weighted by Gasteiger charge is -2.35. The highest BCUT2D eigenvalue weighted by atomic mass is 16.5. The molecule has 3 rings (SSSR count). The Bertz CT molecular complexity index is 888. The molecule has 1 fully saturated rings. The maximum absolute atomic E-state index is 12.9. The molecule has 0 aliphatic carbocycles. The van der Waals surface area contributed by atoms with E-state index in [0.29, 0.717) is 24.4 Å². The molecule has 1 aromatic heterocycles. The first-order valence-corrected chi connectivity index (χ1v) is 10.0. The van der Waals surface area contributed by atoms with Crippen LogP contribution in [0, 0.1) is 6.92 Å². The summed E-state index contributed by atoms with van der Waals surface area (Å²) in [6.45, 7) is 5.29. The number of methoxy groups -OCH3 is 1. The van der Waals surface area contributed by atoms with Gasteiger partial charge in [0.1, 0.15) is 11.3 Å². The number of carbonyl (C=O) groups is 1. The first-order valence-electron chi connectivity index (χ1n) is 10.0. The number of aryl methyl sites for hydroxylation is 2. The summed E-state index contributed by atoms with van der Waals surface area (Å²) in [6.07, 6.45) is 4.70. The molecule has 1 amide bonds. The van der Waals surface area contributed by atoms with Crippen molar-refractivity contribution in [3.8, 4) is 5.75 Å². The van der Waals surface area contributed by atoms with Crippen LogP contribution in [0.5, 0.6) is 5.75 Å². The van der Waals surface area contributed by atoms with E-state index in [1.165, 1.54) is 6.07 Å². The van der Waals surface area contributed by atoms with Crippen LogP contribution in [0.2, 0.25) is 0 Å². The molecule has 6 nitrogen and oxygen atoms in total. The van der Waals surface area contributed by atoms with Gasteiger partial charge in [-0.3, -0.25) is 4.79 Å². The van der Waals surface area contributed by atoms with Crippen LogP contribution in [0.25, 0.3) is 11.0 Å². The smallest absolute Gasteiger partial charge is 0.336 e. The largest absolute Gasteiger partial charge is 0.483 e. The molecule has 0 bridgehead atoms. The SMILES string of the molecule is CCc1cc(=O)oc2cc(C)cc(OCC(=O)N3CCCCC3CCOC)c12. The van der Waals surface area contributed by atoms with Gasteiger partial charge < -0.3 is 18.8 Å². The Labute approximate surface area is 165 Å². The maximum atomic E-state index is 12.9. The lowest BCUT2D eigenvalue weighted by Crippen LogP contribution is -2.46. The molecular formula is C22H29NO5. The zero-order valence-corrected chi connectivity index (χ0v) is 17.0. The first kappa shape index (κ1) is 20.4. The Kier molecular flexibility index (Phi) is 6.73. The number of piperidine rings is 1. The summed E-state index contributed by atoms with van der Waals surface area (Å²) in [5, 5.41) is 0.773. The Morgan fingerprint density at radius 3 is 2.86 bits per heavy atom. The molecule has 0 saturated carbocycles. The third kappa shape index (κ3) is 4.55. The van der Waals surface area contributed by atoms with E-state index in [-0.39, 0.29) is 24.2 Å². The molecule has 1 unspecified atom stereocenters. The Morgan fingerprint density at radius 2 is 2.11 bits per heavy atom. The van der Waals surface area contributed by atoms with Crippen LogP contribution in [-0.2, 0) is 16.0 Å². The van der Waals surface area contributed by atoms with E-state index in [2.05, 4.69) is 0 Å². The molecule has 2 heterocycles. The number of hydrogen-bond donors (Lipinski definition) is 0. The fraction of sp³-hybridized carbons (Fsp3) is 0.545. The highest BCUT2D eigenvalue weighted by Crippen LogP contribution is 2.30. The van der Waals surface area contributed by atoms with Gasteiger partial charge in [-0.05, 0) is 62.3 Å². The summed E-state index contributed by atoms with van der Waals surface area (Å²) in [5.41, 5.74) is 1.92. The molecule has 2 aromatic rings. The number of likely N-dealkylation sites (tertiary alicyclic amines) is 1. The number of benzene rings is 1. The second-order valence-corrected chi connectivity index (χ2v) is 7.39. The summed E-state index contributed by atoms with van der Waals surface area (Å²) in [5.74, 6) is 0.584. The second-order valence-electron chi connectivity index (χ2n) is 7.39. The summed E-state index contributed by atoms with van der Waals surface area (Å²) >= 11 is 0. The van der Waals surface area contributed by atoms with Crippen LogP contribution in [0.3, 0.4) is 0 Å². The average Bonchev–Trinajstić information content (AvgIpc) is 2.69. The number of fused-ring (bicyclic) bond motifs is 1. The highest BCUT2D eigenvalue weighted by molar-refractivity contribution is 5.88. The number of hydrogen-bond acceptors (Lipinski definition) is 5. The molecule has 0 N–H and O–H groups in total. The third-order valence-electron chi connectivity index (χ3n) is 5.37. The van der Waals surface area contributed by atoms with Crippen molar-refractivity contribution in [2.24, 2.45) is 0 Å². The van der Waals surface area contributed by atoms with Crippen molar-refractivity contribution < 1.29 is 18.7 Å². The summed E-state index contributed by atoms with van der Waals surface area (Å²) in [6, 6.07) is 5.43. The van der Waals surface area contributed by atoms with E-state index in [1.807, 2.05) is 30.9 Å². The maximum Gasteiger partial charge on any atom is 0.336 e. The number of carbonyl (C=O) groups excluding carboxylic acids is 1. The lowest BCUT2D eigenvalue weighted by molar-refractivity contribution is -0.137. The van der Waals surface area contributed by atoms with Crippen molar-refractivity contribution in [3.05, 3.63) is 39.7 Å². The molecular weight excluding hydrogens is 358 g/mol. The molecule has 1 aliphatic rings. The van der Waals surface area contributed by atoms with Crippen LogP contribution in [0.1, 0.15) is 43.7 Å². The van der Waals surface area contributed by atoms with Gasteiger partial charge in [-0.1, -0.05) is 6.92 Å². The van der Waals surface area contributed by atoms with Gasteiger partial charge in [0.15, 0.2) is 6.61 Å². The van der Waals surface area contributed by atoms with Gasteiger partial charge in [0.2, 0.25) is 0 Å². The molecule has 0 spiro atoms. The fourth-order valence-corrected chi connectivity index (χ4v) is 3.97. The van der Waals surface area contributed by atoms with E-state index in [1.54, 1.807) is 7.11 Å². The van der Waals surface area contributed by atoms with E-state index in [0.717, 1.165) is 48.7 Å². The molecule has 152 valence electrons. The lowest BCUT2D eigenvalue weighted by atomic mass is 9.99. The van der Waals surface area contributed by atoms with E-state index >= 15 is 0 Å². The van der Waals surface area contributed by atoms with Gasteiger partial charge in [-0.15, -0.1) is 0 Å². The van der Waals surface area contributed by atoms with Crippen LogP contribution in [-0.4, -0.2) is 43.7 Å². The monoisotopic (exact) mass is 387 g/mol. The average molecular weight is 387 g/mol. The topological polar surface area (TPSA) is 69.0 Å². The molecule has 1 aromatic carbocycles. The van der Waals surface area contributed by atoms with Gasteiger partial charge >= 0.3 is 5.63 Å². The van der Waals surface area contributed by atoms with E-state index in [9.17, 15) is 9.59 Å². The van der Waals surface area contributed by atoms with Crippen LogP contribution in [0.15, 0.2) is 27.4 Å². The standard InChI is InChI=1S/C22H29NO5/c1-4-16-13-21(25)28-19-12-15(2)11-18(22(16)19)27-14-20(24)23-9-6-5-7-17(23)8-10-26-3/h11-13,17H,4-10,14H2,1-3H3. The van der Waals surface area contributed by atoms with E-state index in [4.69, 9.17) is 13.9 Å². The van der Waals surface area contributed by atoms with Crippen molar-refractivity contribution in [3.63, 3.8) is 0 Å². The minimum absolute atomic E-state index is 0.00843. The quantitative estimate of drug-likeness (QED) is 0.681. The summed E-state index contributed by atoms with van der Waals surface area (Å²) < 4.78 is 16.5. The van der Waals surface area contributed by atoms with Crippen molar-refractivity contribution >= 4 is 16.9 Å². The number of amides is 1. The highest BCUT2D eigenvalue weighted by Gasteiger charge is 2.27. The minimum atomic E-state index is -0.369. The van der Waals surface area contributed by atoms with Crippen molar-refractivity contribution in [2.45, 2.75) is 52.0 Å². The van der Waals surface area contributed by atoms with Gasteiger partial charge in [-0.2, -0.15) is 0 Å². The predicted molar refractivity (Wildman–Crippen MR) is 108 cm³/mol. The van der Waals surface area contributed by atoms with Crippen molar-refractivity contribution in [1.82, 2.24) is 4.90 Å². The Balaban J connectivity index is 1.81. The molecule has 0 radical (unpaired) electrons. The second kappa shape index (κ2) is 9.24. The van der Waals surface area contributed by atoms with Crippen molar-refractivity contribution in [1.29, 1.82) is 0 Å². The normalized spacial score (nSPS) is 17.1. The van der Waals surface area contributed by atoms with Gasteiger partial charge in [0.25, 0.3) is 5.91 Å².